The summed E-state index contributed by atoms with van der Waals surface area (Å²) in [5.74, 6) is 0.168. The zero-order chi connectivity index (χ0) is 14.7. The Morgan fingerprint density at radius 1 is 1.05 bits per heavy atom. The molecule has 2 atom stereocenters. The Hall–Kier alpha value is -2.09. The van der Waals surface area contributed by atoms with Gasteiger partial charge in [0.2, 0.25) is 5.91 Å². The fourth-order valence-electron chi connectivity index (χ4n) is 3.54. The average molecular weight is 279 g/mol. The molecule has 1 fully saturated rings. The van der Waals surface area contributed by atoms with E-state index in [9.17, 15) is 4.79 Å². The summed E-state index contributed by atoms with van der Waals surface area (Å²) in [5.41, 5.74) is 2.46. The summed E-state index contributed by atoms with van der Waals surface area (Å²) in [6, 6.07) is 21.0. The number of amides is 1. The van der Waals surface area contributed by atoms with Crippen LogP contribution in [-0.2, 0) is 16.6 Å². The number of hydrogen-bond acceptors (Lipinski definition) is 1. The summed E-state index contributed by atoms with van der Waals surface area (Å²) in [7, 11) is 0. The van der Waals surface area contributed by atoms with E-state index < -0.39 is 0 Å². The van der Waals surface area contributed by atoms with Crippen LogP contribution in [0.1, 0.15) is 30.9 Å². The van der Waals surface area contributed by atoms with Gasteiger partial charge in [0.05, 0.1) is 0 Å². The van der Waals surface area contributed by atoms with Crippen molar-refractivity contribution in [2.75, 3.05) is 0 Å². The predicted octanol–water partition coefficient (Wildman–Crippen LogP) is 3.47. The molecule has 2 aromatic carbocycles. The SMILES string of the molecule is CCC1(c2ccccc2)CC(=O)NC1Cc1ccccc1. The Kier molecular flexibility index (Phi) is 3.78. The minimum atomic E-state index is -0.0891. The molecule has 108 valence electrons. The molecule has 2 unspecified atom stereocenters. The molecule has 1 saturated heterocycles. The van der Waals surface area contributed by atoms with Gasteiger partial charge in [-0.15, -0.1) is 0 Å². The summed E-state index contributed by atoms with van der Waals surface area (Å²) in [6.07, 6.45) is 2.44. The summed E-state index contributed by atoms with van der Waals surface area (Å²) in [4.78, 5) is 12.1. The molecule has 0 radical (unpaired) electrons. The Balaban J connectivity index is 1.95. The zero-order valence-corrected chi connectivity index (χ0v) is 12.4. The van der Waals surface area contributed by atoms with Crippen LogP contribution in [0.15, 0.2) is 60.7 Å². The molecule has 2 nitrogen and oxygen atoms in total. The number of hydrogen-bond donors (Lipinski definition) is 1. The number of carbonyl (C=O) groups excluding carboxylic acids is 1. The maximum atomic E-state index is 12.1. The summed E-state index contributed by atoms with van der Waals surface area (Å²) in [5, 5.41) is 3.20. The van der Waals surface area contributed by atoms with Crippen LogP contribution in [0.3, 0.4) is 0 Å². The monoisotopic (exact) mass is 279 g/mol. The Labute approximate surface area is 126 Å². The number of carbonyl (C=O) groups is 1. The lowest BCUT2D eigenvalue weighted by atomic mass is 9.70. The maximum absolute atomic E-state index is 12.1. The highest BCUT2D eigenvalue weighted by atomic mass is 16.2. The van der Waals surface area contributed by atoms with Crippen LogP contribution in [0.5, 0.6) is 0 Å². The van der Waals surface area contributed by atoms with Crippen molar-refractivity contribution >= 4 is 5.91 Å². The minimum Gasteiger partial charge on any atom is -0.352 e. The Morgan fingerprint density at radius 2 is 1.67 bits per heavy atom. The van der Waals surface area contributed by atoms with Gasteiger partial charge >= 0.3 is 0 Å². The first-order chi connectivity index (χ1) is 10.2. The lowest BCUT2D eigenvalue weighted by Gasteiger charge is -2.34. The highest BCUT2D eigenvalue weighted by Gasteiger charge is 2.46. The molecule has 2 heteroatoms. The Morgan fingerprint density at radius 3 is 2.29 bits per heavy atom. The molecule has 1 N–H and O–H groups in total. The van der Waals surface area contributed by atoms with Crippen molar-refractivity contribution < 1.29 is 4.79 Å². The first-order valence-corrected chi connectivity index (χ1v) is 7.63. The third-order valence-electron chi connectivity index (χ3n) is 4.74. The molecule has 0 saturated carbocycles. The van der Waals surface area contributed by atoms with Crippen molar-refractivity contribution in [3.8, 4) is 0 Å². The standard InChI is InChI=1S/C19H21NO/c1-2-19(16-11-7-4-8-12-16)14-18(21)20-17(19)13-15-9-5-3-6-10-15/h3-12,17H,2,13-14H2,1H3,(H,20,21). The van der Waals surface area contributed by atoms with Gasteiger partial charge in [-0.2, -0.15) is 0 Å². The van der Waals surface area contributed by atoms with Gasteiger partial charge in [-0.3, -0.25) is 4.79 Å². The molecule has 0 aromatic heterocycles. The van der Waals surface area contributed by atoms with Crippen molar-refractivity contribution in [1.29, 1.82) is 0 Å². The van der Waals surface area contributed by atoms with Gasteiger partial charge in [0, 0.05) is 17.9 Å². The largest absolute Gasteiger partial charge is 0.352 e. The predicted molar refractivity (Wildman–Crippen MR) is 85.1 cm³/mol. The van der Waals surface area contributed by atoms with Crippen LogP contribution in [0.2, 0.25) is 0 Å². The molecule has 0 spiro atoms. The molecule has 1 heterocycles. The smallest absolute Gasteiger partial charge is 0.221 e. The van der Waals surface area contributed by atoms with E-state index in [1.165, 1.54) is 11.1 Å². The molecule has 21 heavy (non-hydrogen) atoms. The third-order valence-corrected chi connectivity index (χ3v) is 4.74. The molecular weight excluding hydrogens is 258 g/mol. The van der Waals surface area contributed by atoms with E-state index >= 15 is 0 Å². The van der Waals surface area contributed by atoms with Crippen LogP contribution >= 0.6 is 0 Å². The highest BCUT2D eigenvalue weighted by molar-refractivity contribution is 5.81. The lowest BCUT2D eigenvalue weighted by Crippen LogP contribution is -2.41. The second-order valence-corrected chi connectivity index (χ2v) is 5.86. The van der Waals surface area contributed by atoms with E-state index in [1.807, 2.05) is 12.1 Å². The highest BCUT2D eigenvalue weighted by Crippen LogP contribution is 2.40. The fourth-order valence-corrected chi connectivity index (χ4v) is 3.54. The summed E-state index contributed by atoms with van der Waals surface area (Å²) >= 11 is 0. The first kappa shape index (κ1) is 13.9. The second kappa shape index (κ2) is 5.72. The molecule has 0 aliphatic carbocycles. The third kappa shape index (κ3) is 2.58. The lowest BCUT2D eigenvalue weighted by molar-refractivity contribution is -0.119. The van der Waals surface area contributed by atoms with Crippen molar-refractivity contribution in [3.63, 3.8) is 0 Å². The first-order valence-electron chi connectivity index (χ1n) is 7.63. The van der Waals surface area contributed by atoms with Gasteiger partial charge in [0.25, 0.3) is 0 Å². The van der Waals surface area contributed by atoms with Gasteiger partial charge in [-0.1, -0.05) is 67.6 Å². The van der Waals surface area contributed by atoms with E-state index in [2.05, 4.69) is 60.8 Å². The van der Waals surface area contributed by atoms with Crippen molar-refractivity contribution in [2.45, 2.75) is 37.6 Å². The van der Waals surface area contributed by atoms with Crippen LogP contribution in [-0.4, -0.2) is 11.9 Å². The van der Waals surface area contributed by atoms with Gasteiger partial charge in [0.1, 0.15) is 0 Å². The van der Waals surface area contributed by atoms with E-state index in [4.69, 9.17) is 0 Å². The molecule has 3 rings (SSSR count). The molecule has 1 aliphatic rings. The molecule has 1 aliphatic heterocycles. The second-order valence-electron chi connectivity index (χ2n) is 5.86. The van der Waals surface area contributed by atoms with E-state index in [0.717, 1.165) is 12.8 Å². The van der Waals surface area contributed by atoms with E-state index in [1.54, 1.807) is 0 Å². The summed E-state index contributed by atoms with van der Waals surface area (Å²) < 4.78 is 0. The van der Waals surface area contributed by atoms with Gasteiger partial charge < -0.3 is 5.32 Å². The summed E-state index contributed by atoms with van der Waals surface area (Å²) in [6.45, 7) is 2.19. The number of benzene rings is 2. The normalized spacial score (nSPS) is 24.8. The van der Waals surface area contributed by atoms with Crippen molar-refractivity contribution in [2.24, 2.45) is 0 Å². The van der Waals surface area contributed by atoms with Gasteiger partial charge in [-0.05, 0) is 24.0 Å². The van der Waals surface area contributed by atoms with E-state index in [0.29, 0.717) is 6.42 Å². The molecule has 0 bridgehead atoms. The van der Waals surface area contributed by atoms with Gasteiger partial charge in [-0.25, -0.2) is 0 Å². The quantitative estimate of drug-likeness (QED) is 0.912. The molecular formula is C19H21NO. The van der Waals surface area contributed by atoms with Crippen LogP contribution in [0, 0.1) is 0 Å². The van der Waals surface area contributed by atoms with Crippen LogP contribution in [0.4, 0.5) is 0 Å². The maximum Gasteiger partial charge on any atom is 0.221 e. The average Bonchev–Trinajstić information content (AvgIpc) is 2.86. The minimum absolute atomic E-state index is 0.0891. The number of nitrogens with one attached hydrogen (secondary N) is 1. The fraction of sp³-hybridized carbons (Fsp3) is 0.316. The molecule has 2 aromatic rings. The van der Waals surface area contributed by atoms with Gasteiger partial charge in [0.15, 0.2) is 0 Å². The Bertz CT molecular complexity index is 608. The van der Waals surface area contributed by atoms with E-state index in [-0.39, 0.29) is 17.4 Å². The topological polar surface area (TPSA) is 29.1 Å². The van der Waals surface area contributed by atoms with Crippen molar-refractivity contribution in [3.05, 3.63) is 71.8 Å². The molecule has 1 amide bonds. The zero-order valence-electron chi connectivity index (χ0n) is 12.4. The van der Waals surface area contributed by atoms with Crippen LogP contribution in [0.25, 0.3) is 0 Å². The number of rotatable bonds is 4. The van der Waals surface area contributed by atoms with Crippen molar-refractivity contribution in [1.82, 2.24) is 5.32 Å². The van der Waals surface area contributed by atoms with Crippen LogP contribution < -0.4 is 5.32 Å².